The summed E-state index contributed by atoms with van der Waals surface area (Å²) in [5.74, 6) is -1.72. The minimum absolute atomic E-state index is 0. The van der Waals surface area contributed by atoms with E-state index in [0.717, 1.165) is 19.3 Å². The van der Waals surface area contributed by atoms with Crippen LogP contribution in [0.5, 0.6) is 0 Å². The maximum absolute atomic E-state index is 15.8. The van der Waals surface area contributed by atoms with E-state index in [1.165, 1.54) is 6.20 Å². The van der Waals surface area contributed by atoms with Crippen LogP contribution in [0.1, 0.15) is 60.5 Å². The zero-order chi connectivity index (χ0) is 20.4. The number of aryl methyl sites for hydroxylation is 1. The van der Waals surface area contributed by atoms with Crippen LogP contribution in [0.4, 0.5) is 10.1 Å². The Morgan fingerprint density at radius 2 is 2.00 bits per heavy atom. The van der Waals surface area contributed by atoms with Crippen LogP contribution < -0.4 is 16.1 Å². The summed E-state index contributed by atoms with van der Waals surface area (Å²) in [5.41, 5.74) is 7.16. The molecule has 1 saturated carbocycles. The number of rotatable bonds is 3. The molecule has 6 nitrogen and oxygen atoms in total. The van der Waals surface area contributed by atoms with Crippen molar-refractivity contribution in [3.05, 3.63) is 38.9 Å². The minimum Gasteiger partial charge on any atom is -0.477 e. The van der Waals surface area contributed by atoms with Crippen molar-refractivity contribution in [1.29, 1.82) is 0 Å². The number of carboxylic acids is 1. The van der Waals surface area contributed by atoms with Crippen molar-refractivity contribution in [2.75, 3.05) is 18.0 Å². The molecule has 29 heavy (non-hydrogen) atoms. The van der Waals surface area contributed by atoms with Crippen LogP contribution in [-0.4, -0.2) is 35.2 Å². The number of nitrogens with one attached hydrogen (secondary N) is 1. The maximum atomic E-state index is 15.8. The normalized spacial score (nSPS) is 21.1. The molecule has 2 aliphatic rings. The highest BCUT2D eigenvalue weighted by Crippen LogP contribution is 2.47. The zero-order valence-electron chi connectivity index (χ0n) is 16.8. The number of piperidine rings is 1. The number of carboxylic acid groups (broad SMARTS) is 1. The van der Waals surface area contributed by atoms with Crippen LogP contribution in [0.3, 0.4) is 0 Å². The molecule has 0 radical (unpaired) electrons. The number of H-pyrrole nitrogens is 1. The van der Waals surface area contributed by atoms with Gasteiger partial charge in [-0.15, -0.1) is 12.4 Å². The molecule has 1 aromatic carbocycles. The second kappa shape index (κ2) is 7.29. The van der Waals surface area contributed by atoms with Crippen molar-refractivity contribution < 1.29 is 14.3 Å². The Balaban J connectivity index is 0.00000240. The molecule has 2 fully saturated rings. The van der Waals surface area contributed by atoms with E-state index in [4.69, 9.17) is 5.73 Å². The van der Waals surface area contributed by atoms with Crippen LogP contribution in [0.25, 0.3) is 10.9 Å². The number of hydrogen-bond acceptors (Lipinski definition) is 4. The third kappa shape index (κ3) is 3.40. The minimum atomic E-state index is -1.31. The highest BCUT2D eigenvalue weighted by molar-refractivity contribution is 5.96. The summed E-state index contributed by atoms with van der Waals surface area (Å²) in [6, 6.07) is 0.0495. The molecule has 2 aromatic rings. The number of aromatic carboxylic acids is 1. The highest BCUT2D eigenvalue weighted by atomic mass is 35.5. The van der Waals surface area contributed by atoms with Gasteiger partial charge in [-0.3, -0.25) is 4.79 Å². The van der Waals surface area contributed by atoms with Crippen molar-refractivity contribution in [2.24, 2.45) is 11.1 Å². The molecule has 1 aliphatic heterocycles. The van der Waals surface area contributed by atoms with E-state index < -0.39 is 11.4 Å². The van der Waals surface area contributed by atoms with Crippen LogP contribution in [0, 0.1) is 18.2 Å². The van der Waals surface area contributed by atoms with Crippen LogP contribution in [-0.2, 0) is 0 Å². The third-order valence-electron chi connectivity index (χ3n) is 6.37. The predicted molar refractivity (Wildman–Crippen MR) is 114 cm³/mol. The first-order valence-electron chi connectivity index (χ1n) is 9.74. The van der Waals surface area contributed by atoms with Crippen molar-refractivity contribution >= 4 is 35.0 Å². The Hall–Kier alpha value is -2.12. The molecule has 1 atom stereocenters. The van der Waals surface area contributed by atoms with Gasteiger partial charge in [-0.05, 0) is 43.1 Å². The van der Waals surface area contributed by atoms with Crippen molar-refractivity contribution in [3.63, 3.8) is 0 Å². The van der Waals surface area contributed by atoms with Gasteiger partial charge in [0.05, 0.1) is 16.6 Å². The van der Waals surface area contributed by atoms with Gasteiger partial charge < -0.3 is 20.7 Å². The van der Waals surface area contributed by atoms with Gasteiger partial charge >= 0.3 is 5.97 Å². The standard InChI is InChI=1S/C21H26FN3O3.ClH/c1-10-17-15(19(26)12(8-24-17)20(27)28)14(11-4-5-11)16(22)18(10)25-7-6-13(23)21(2,3)9-25;/h8,11,13H,4-7,9,23H2,1-3H3,(H,24,26)(H,27,28);1H. The van der Waals surface area contributed by atoms with E-state index in [1.807, 2.05) is 4.90 Å². The first-order chi connectivity index (χ1) is 13.1. The molecule has 4 rings (SSSR count). The Morgan fingerprint density at radius 3 is 2.55 bits per heavy atom. The first kappa shape index (κ1) is 21.6. The summed E-state index contributed by atoms with van der Waals surface area (Å²) in [6.45, 7) is 7.23. The molecule has 1 aliphatic carbocycles. The smallest absolute Gasteiger partial charge is 0.341 e. The molecule has 2 heterocycles. The number of aromatic nitrogens is 1. The van der Waals surface area contributed by atoms with Gasteiger partial charge in [-0.1, -0.05) is 13.8 Å². The average molecular weight is 424 g/mol. The first-order valence-corrected chi connectivity index (χ1v) is 9.74. The number of anilines is 1. The predicted octanol–water partition coefficient (Wildman–Crippen LogP) is 3.54. The molecule has 1 unspecified atom stereocenters. The van der Waals surface area contributed by atoms with Gasteiger partial charge in [0.1, 0.15) is 5.56 Å². The van der Waals surface area contributed by atoms with Crippen molar-refractivity contribution in [2.45, 2.75) is 52.0 Å². The fourth-order valence-corrected chi connectivity index (χ4v) is 4.46. The Morgan fingerprint density at radius 1 is 1.34 bits per heavy atom. The second-order valence-electron chi connectivity index (χ2n) is 8.87. The lowest BCUT2D eigenvalue weighted by molar-refractivity contribution is 0.0695. The average Bonchev–Trinajstić information content (AvgIpc) is 3.43. The van der Waals surface area contributed by atoms with Gasteiger partial charge in [0.25, 0.3) is 0 Å². The van der Waals surface area contributed by atoms with Gasteiger partial charge in [0, 0.05) is 30.9 Å². The summed E-state index contributed by atoms with van der Waals surface area (Å²) >= 11 is 0. The topological polar surface area (TPSA) is 99.4 Å². The number of carbonyl (C=O) groups is 1. The molecule has 0 bridgehead atoms. The van der Waals surface area contributed by atoms with E-state index in [1.54, 1.807) is 6.92 Å². The molecular weight excluding hydrogens is 397 g/mol. The third-order valence-corrected chi connectivity index (χ3v) is 6.37. The van der Waals surface area contributed by atoms with E-state index >= 15 is 4.39 Å². The van der Waals surface area contributed by atoms with Gasteiger partial charge in [-0.2, -0.15) is 0 Å². The molecule has 8 heteroatoms. The Kier molecular flexibility index (Phi) is 5.43. The lowest BCUT2D eigenvalue weighted by Crippen LogP contribution is -2.53. The summed E-state index contributed by atoms with van der Waals surface area (Å²) in [6.07, 6.45) is 3.59. The molecule has 1 saturated heterocycles. The maximum Gasteiger partial charge on any atom is 0.341 e. The molecular formula is C21H27ClFN3O3. The summed E-state index contributed by atoms with van der Waals surface area (Å²) < 4.78 is 15.8. The molecule has 0 spiro atoms. The number of nitrogens with zero attached hydrogens (tertiary/aromatic N) is 1. The van der Waals surface area contributed by atoms with Crippen LogP contribution >= 0.6 is 12.4 Å². The van der Waals surface area contributed by atoms with E-state index in [0.29, 0.717) is 35.4 Å². The van der Waals surface area contributed by atoms with Crippen molar-refractivity contribution in [1.82, 2.24) is 4.98 Å². The summed E-state index contributed by atoms with van der Waals surface area (Å²) in [4.78, 5) is 29.3. The number of benzene rings is 1. The summed E-state index contributed by atoms with van der Waals surface area (Å²) in [7, 11) is 0. The quantitative estimate of drug-likeness (QED) is 0.701. The lowest BCUT2D eigenvalue weighted by Gasteiger charge is -2.44. The fraction of sp³-hybridized carbons (Fsp3) is 0.524. The molecule has 4 N–H and O–H groups in total. The van der Waals surface area contributed by atoms with E-state index in [9.17, 15) is 14.7 Å². The number of halogens is 2. The Labute approximate surface area is 174 Å². The monoisotopic (exact) mass is 423 g/mol. The van der Waals surface area contributed by atoms with E-state index in [2.05, 4.69) is 18.8 Å². The fourth-order valence-electron chi connectivity index (χ4n) is 4.46. The van der Waals surface area contributed by atoms with Gasteiger partial charge in [-0.25, -0.2) is 9.18 Å². The van der Waals surface area contributed by atoms with Crippen molar-refractivity contribution in [3.8, 4) is 0 Å². The Bertz CT molecular complexity index is 1050. The number of fused-ring (bicyclic) bond motifs is 1. The van der Waals surface area contributed by atoms with Gasteiger partial charge in [0.15, 0.2) is 5.82 Å². The largest absolute Gasteiger partial charge is 0.477 e. The zero-order valence-corrected chi connectivity index (χ0v) is 17.7. The van der Waals surface area contributed by atoms with Crippen LogP contribution in [0.15, 0.2) is 11.0 Å². The SMILES string of the molecule is Cc1c(N2CCC(N)C(C)(C)C2)c(F)c(C2CC2)c2c(=O)c(C(=O)O)c[nH]c12.Cl. The second-order valence-corrected chi connectivity index (χ2v) is 8.87. The van der Waals surface area contributed by atoms with Crippen LogP contribution in [0.2, 0.25) is 0 Å². The molecule has 1 aromatic heterocycles. The number of aromatic amines is 1. The number of nitrogens with two attached hydrogens (primary N) is 1. The number of hydrogen-bond donors (Lipinski definition) is 3. The molecule has 0 amide bonds. The summed E-state index contributed by atoms with van der Waals surface area (Å²) in [5, 5.41) is 9.50. The van der Waals surface area contributed by atoms with Gasteiger partial charge in [0.2, 0.25) is 5.43 Å². The lowest BCUT2D eigenvalue weighted by atomic mass is 9.79. The number of pyridine rings is 1. The molecule has 158 valence electrons. The van der Waals surface area contributed by atoms with E-state index in [-0.39, 0.29) is 46.5 Å². The highest BCUT2D eigenvalue weighted by Gasteiger charge is 2.38.